The fourth-order valence-corrected chi connectivity index (χ4v) is 2.71. The summed E-state index contributed by atoms with van der Waals surface area (Å²) in [4.78, 5) is 14.6. The molecule has 134 valence electrons. The molecule has 1 amide bonds. The van der Waals surface area contributed by atoms with Crippen molar-refractivity contribution >= 4 is 5.91 Å². The van der Waals surface area contributed by atoms with Gasteiger partial charge in [0.2, 0.25) is 0 Å². The molecule has 5 nitrogen and oxygen atoms in total. The van der Waals surface area contributed by atoms with Crippen LogP contribution in [0.5, 0.6) is 5.75 Å². The van der Waals surface area contributed by atoms with Crippen molar-refractivity contribution in [3.63, 3.8) is 0 Å². The lowest BCUT2D eigenvalue weighted by atomic mass is 10.1. The summed E-state index contributed by atoms with van der Waals surface area (Å²) >= 11 is 0. The molecule has 3 aromatic rings. The number of phenols is 1. The number of aromatic nitrogens is 2. The smallest absolute Gasteiger partial charge is 0.272 e. The van der Waals surface area contributed by atoms with Gasteiger partial charge in [-0.05, 0) is 43.7 Å². The number of hydrogen-bond acceptors (Lipinski definition) is 3. The highest BCUT2D eigenvalue weighted by Gasteiger charge is 2.22. The van der Waals surface area contributed by atoms with Crippen LogP contribution in [0.25, 0.3) is 11.3 Å². The van der Waals surface area contributed by atoms with E-state index >= 15 is 0 Å². The number of carbonyl (C=O) groups is 1. The highest BCUT2D eigenvalue weighted by atomic mass is 19.1. The maximum absolute atomic E-state index is 13.5. The molecule has 2 N–H and O–H groups in total. The molecular formula is C20H20FN3O2. The van der Waals surface area contributed by atoms with Crippen LogP contribution in [0, 0.1) is 5.82 Å². The summed E-state index contributed by atoms with van der Waals surface area (Å²) in [5, 5.41) is 16.7. The average Bonchev–Trinajstić information content (AvgIpc) is 3.11. The average molecular weight is 353 g/mol. The quantitative estimate of drug-likeness (QED) is 0.729. The van der Waals surface area contributed by atoms with Gasteiger partial charge in [-0.15, -0.1) is 0 Å². The number of aromatic hydroxyl groups is 1. The van der Waals surface area contributed by atoms with Gasteiger partial charge in [0, 0.05) is 18.2 Å². The largest absolute Gasteiger partial charge is 0.507 e. The maximum atomic E-state index is 13.5. The summed E-state index contributed by atoms with van der Waals surface area (Å²) in [6, 6.07) is 14.8. The second kappa shape index (κ2) is 7.39. The van der Waals surface area contributed by atoms with E-state index in [0.29, 0.717) is 12.2 Å². The van der Waals surface area contributed by atoms with Gasteiger partial charge in [0.25, 0.3) is 5.91 Å². The first-order valence-corrected chi connectivity index (χ1v) is 8.35. The molecule has 0 radical (unpaired) electrons. The number of nitrogens with one attached hydrogen (secondary N) is 1. The second-order valence-corrected chi connectivity index (χ2v) is 6.34. The molecule has 1 heterocycles. The molecule has 26 heavy (non-hydrogen) atoms. The molecule has 3 rings (SSSR count). The highest BCUT2D eigenvalue weighted by Crippen LogP contribution is 2.29. The van der Waals surface area contributed by atoms with Gasteiger partial charge in [0.05, 0.1) is 5.69 Å². The number of amides is 1. The van der Waals surface area contributed by atoms with Crippen LogP contribution in [0.2, 0.25) is 0 Å². The molecule has 0 unspecified atom stereocenters. The third-order valence-electron chi connectivity index (χ3n) is 4.12. The summed E-state index contributed by atoms with van der Waals surface area (Å²) in [6.45, 7) is 4.35. The fraction of sp³-hybridized carbons (Fsp3) is 0.200. The van der Waals surface area contributed by atoms with Crippen molar-refractivity contribution < 1.29 is 14.3 Å². The second-order valence-electron chi connectivity index (χ2n) is 6.34. The summed E-state index contributed by atoms with van der Waals surface area (Å²) in [5.41, 5.74) is 1.86. The molecule has 0 bridgehead atoms. The van der Waals surface area contributed by atoms with Gasteiger partial charge in [-0.2, -0.15) is 5.10 Å². The Kier molecular flexibility index (Phi) is 5.02. The Labute approximate surface area is 151 Å². The SMILES string of the molecule is CC(C)N(Cc1ccccc1)C(=O)c1cc(-c2cc(F)ccc2O)n[nH]1. The number of nitrogens with zero attached hydrogens (tertiary/aromatic N) is 2. The van der Waals surface area contributed by atoms with E-state index in [4.69, 9.17) is 0 Å². The fourth-order valence-electron chi connectivity index (χ4n) is 2.71. The van der Waals surface area contributed by atoms with Crippen molar-refractivity contribution in [2.24, 2.45) is 0 Å². The first-order chi connectivity index (χ1) is 12.5. The Bertz CT molecular complexity index is 906. The van der Waals surface area contributed by atoms with E-state index in [1.165, 1.54) is 18.2 Å². The van der Waals surface area contributed by atoms with Crippen LogP contribution in [-0.4, -0.2) is 32.2 Å². The van der Waals surface area contributed by atoms with Gasteiger partial charge in [-0.1, -0.05) is 30.3 Å². The number of aromatic amines is 1. The topological polar surface area (TPSA) is 69.2 Å². The minimum Gasteiger partial charge on any atom is -0.507 e. The number of H-pyrrole nitrogens is 1. The van der Waals surface area contributed by atoms with E-state index in [0.717, 1.165) is 11.6 Å². The number of halogens is 1. The third-order valence-corrected chi connectivity index (χ3v) is 4.12. The first kappa shape index (κ1) is 17.7. The van der Waals surface area contributed by atoms with Gasteiger partial charge in [0.1, 0.15) is 17.3 Å². The lowest BCUT2D eigenvalue weighted by Crippen LogP contribution is -2.36. The Balaban J connectivity index is 1.87. The molecule has 2 aromatic carbocycles. The van der Waals surface area contributed by atoms with Crippen LogP contribution in [0.3, 0.4) is 0 Å². The first-order valence-electron chi connectivity index (χ1n) is 8.35. The molecule has 0 fully saturated rings. The molecule has 0 spiro atoms. The third kappa shape index (κ3) is 3.74. The Morgan fingerprint density at radius 3 is 2.62 bits per heavy atom. The molecule has 0 saturated heterocycles. The number of rotatable bonds is 5. The predicted molar refractivity (Wildman–Crippen MR) is 97.1 cm³/mol. The molecule has 6 heteroatoms. The lowest BCUT2D eigenvalue weighted by molar-refractivity contribution is 0.0684. The van der Waals surface area contributed by atoms with Gasteiger partial charge < -0.3 is 10.0 Å². The zero-order chi connectivity index (χ0) is 18.7. The van der Waals surface area contributed by atoms with Gasteiger partial charge >= 0.3 is 0 Å². The van der Waals surface area contributed by atoms with Crippen LogP contribution < -0.4 is 0 Å². The zero-order valence-electron chi connectivity index (χ0n) is 14.6. The van der Waals surface area contributed by atoms with Crippen molar-refractivity contribution in [3.8, 4) is 17.0 Å². The summed E-state index contributed by atoms with van der Waals surface area (Å²) in [5.74, 6) is -0.790. The van der Waals surface area contributed by atoms with Crippen LogP contribution in [0.4, 0.5) is 4.39 Å². The monoisotopic (exact) mass is 353 g/mol. The van der Waals surface area contributed by atoms with E-state index in [1.807, 2.05) is 44.2 Å². The van der Waals surface area contributed by atoms with Crippen LogP contribution >= 0.6 is 0 Å². The number of benzene rings is 2. The number of hydrogen-bond donors (Lipinski definition) is 2. The summed E-state index contributed by atoms with van der Waals surface area (Å²) < 4.78 is 13.5. The lowest BCUT2D eigenvalue weighted by Gasteiger charge is -2.26. The van der Waals surface area contributed by atoms with Crippen LogP contribution in [0.1, 0.15) is 29.9 Å². The number of carbonyl (C=O) groups excluding carboxylic acids is 1. The van der Waals surface area contributed by atoms with Crippen molar-refractivity contribution in [1.29, 1.82) is 0 Å². The Morgan fingerprint density at radius 2 is 1.92 bits per heavy atom. The van der Waals surface area contributed by atoms with Crippen molar-refractivity contribution in [2.45, 2.75) is 26.4 Å². The van der Waals surface area contributed by atoms with Gasteiger partial charge in [0.15, 0.2) is 0 Å². The van der Waals surface area contributed by atoms with Crippen molar-refractivity contribution in [2.75, 3.05) is 0 Å². The summed E-state index contributed by atoms with van der Waals surface area (Å²) in [6.07, 6.45) is 0. The minimum atomic E-state index is -0.485. The Morgan fingerprint density at radius 1 is 1.19 bits per heavy atom. The van der Waals surface area contributed by atoms with E-state index in [-0.39, 0.29) is 29.0 Å². The molecular weight excluding hydrogens is 333 g/mol. The molecule has 0 aliphatic heterocycles. The van der Waals surface area contributed by atoms with Crippen molar-refractivity contribution in [3.05, 3.63) is 71.7 Å². The molecule has 0 atom stereocenters. The van der Waals surface area contributed by atoms with Crippen LogP contribution in [0.15, 0.2) is 54.6 Å². The predicted octanol–water partition coefficient (Wildman–Crippen LogP) is 3.97. The van der Waals surface area contributed by atoms with E-state index < -0.39 is 5.82 Å². The van der Waals surface area contributed by atoms with E-state index in [2.05, 4.69) is 10.2 Å². The maximum Gasteiger partial charge on any atom is 0.272 e. The van der Waals surface area contributed by atoms with Gasteiger partial charge in [-0.25, -0.2) is 4.39 Å². The molecule has 0 aliphatic rings. The van der Waals surface area contributed by atoms with Crippen molar-refractivity contribution in [1.82, 2.24) is 15.1 Å². The zero-order valence-corrected chi connectivity index (χ0v) is 14.6. The molecule has 0 aliphatic carbocycles. The standard InChI is InChI=1S/C20H20FN3O2/c1-13(2)24(12-14-6-4-3-5-7-14)20(26)18-11-17(22-23-18)16-10-15(21)8-9-19(16)25/h3-11,13,25H,12H2,1-2H3,(H,22,23). The number of phenolic OH excluding ortho intramolecular Hbond substituents is 1. The minimum absolute atomic E-state index is 0.0166. The van der Waals surface area contributed by atoms with Gasteiger partial charge in [-0.3, -0.25) is 9.89 Å². The van der Waals surface area contributed by atoms with Crippen LogP contribution in [-0.2, 0) is 6.54 Å². The normalized spacial score (nSPS) is 10.9. The molecule has 1 aromatic heterocycles. The highest BCUT2D eigenvalue weighted by molar-refractivity contribution is 5.93. The van der Waals surface area contributed by atoms with E-state index in [9.17, 15) is 14.3 Å². The molecule has 0 saturated carbocycles. The van der Waals surface area contributed by atoms with E-state index in [1.54, 1.807) is 4.90 Å². The Hall–Kier alpha value is -3.15. The summed E-state index contributed by atoms with van der Waals surface area (Å²) in [7, 11) is 0.